The average molecular weight is 502 g/mol. The number of carbonyl (C=O) groups is 3. The Morgan fingerprint density at radius 1 is 1.09 bits per heavy atom. The highest BCUT2D eigenvalue weighted by atomic mass is 35.5. The maximum absolute atomic E-state index is 15.2. The molecule has 0 spiro atoms. The van der Waals surface area contributed by atoms with Crippen LogP contribution in [0.2, 0.25) is 10.0 Å². The lowest BCUT2D eigenvalue weighted by Crippen LogP contribution is -2.54. The van der Waals surface area contributed by atoms with Gasteiger partial charge < -0.3 is 4.90 Å². The van der Waals surface area contributed by atoms with Gasteiger partial charge in [-0.3, -0.25) is 14.9 Å². The Bertz CT molecular complexity index is 1320. The van der Waals surface area contributed by atoms with Crippen LogP contribution < -0.4 is 15.1 Å². The van der Waals surface area contributed by atoms with E-state index in [1.54, 1.807) is 6.07 Å². The molecule has 1 N–H and O–H groups in total. The number of imide groups is 2. The fourth-order valence-electron chi connectivity index (χ4n) is 4.47. The number of carbonyl (C=O) groups excluding carboxylic acids is 3. The fraction of sp³-hybridized carbons (Fsp3) is 0.240. The van der Waals surface area contributed by atoms with Crippen molar-refractivity contribution in [1.82, 2.24) is 5.32 Å². The molecule has 176 valence electrons. The van der Waals surface area contributed by atoms with Gasteiger partial charge in [0, 0.05) is 23.4 Å². The summed E-state index contributed by atoms with van der Waals surface area (Å²) in [4.78, 5) is 40.9. The molecule has 0 atom stereocenters. The van der Waals surface area contributed by atoms with Crippen LogP contribution in [0.1, 0.15) is 38.8 Å². The second-order valence-electron chi connectivity index (χ2n) is 8.67. The molecule has 2 aromatic rings. The van der Waals surface area contributed by atoms with E-state index in [9.17, 15) is 14.4 Å². The van der Waals surface area contributed by atoms with Gasteiger partial charge in [0.25, 0.3) is 11.8 Å². The molecule has 2 heterocycles. The van der Waals surface area contributed by atoms with E-state index >= 15 is 4.39 Å². The summed E-state index contributed by atoms with van der Waals surface area (Å²) in [5, 5.41) is 2.50. The van der Waals surface area contributed by atoms with Crippen LogP contribution in [-0.4, -0.2) is 29.9 Å². The summed E-state index contributed by atoms with van der Waals surface area (Å²) in [6, 6.07) is 6.28. The molecule has 2 aromatic carbocycles. The maximum Gasteiger partial charge on any atom is 0.335 e. The van der Waals surface area contributed by atoms with Crippen LogP contribution in [0, 0.1) is 5.82 Å². The zero-order valence-electron chi connectivity index (χ0n) is 19.0. The minimum absolute atomic E-state index is 0.0594. The van der Waals surface area contributed by atoms with Gasteiger partial charge in [-0.1, -0.05) is 29.3 Å². The fourth-order valence-corrected chi connectivity index (χ4v) is 4.77. The largest absolute Gasteiger partial charge is 0.363 e. The van der Waals surface area contributed by atoms with Crippen LogP contribution in [0.25, 0.3) is 11.6 Å². The summed E-state index contributed by atoms with van der Waals surface area (Å²) in [5.41, 5.74) is 2.00. The van der Waals surface area contributed by atoms with Crippen LogP contribution in [0.15, 0.2) is 42.0 Å². The maximum atomic E-state index is 15.2. The van der Waals surface area contributed by atoms with Crippen molar-refractivity contribution in [2.75, 3.05) is 16.3 Å². The van der Waals surface area contributed by atoms with Crippen LogP contribution in [0.5, 0.6) is 0 Å². The van der Waals surface area contributed by atoms with E-state index in [2.05, 4.69) is 30.1 Å². The van der Waals surface area contributed by atoms with Crippen molar-refractivity contribution in [2.24, 2.45) is 0 Å². The summed E-state index contributed by atoms with van der Waals surface area (Å²) in [6.07, 6.45) is 3.25. The summed E-state index contributed by atoms with van der Waals surface area (Å²) in [7, 11) is 0. The Hall–Kier alpha value is -3.16. The van der Waals surface area contributed by atoms with E-state index in [0.717, 1.165) is 27.8 Å². The van der Waals surface area contributed by atoms with Gasteiger partial charge in [0.05, 0.1) is 21.3 Å². The second-order valence-corrected chi connectivity index (χ2v) is 9.49. The molecule has 0 saturated carbocycles. The Morgan fingerprint density at radius 2 is 1.79 bits per heavy atom. The van der Waals surface area contributed by atoms with Gasteiger partial charge in [0.15, 0.2) is 0 Å². The van der Waals surface area contributed by atoms with E-state index in [-0.39, 0.29) is 32.4 Å². The van der Waals surface area contributed by atoms with Gasteiger partial charge in [-0.25, -0.2) is 14.1 Å². The number of benzene rings is 2. The predicted octanol–water partition coefficient (Wildman–Crippen LogP) is 5.82. The first kappa shape index (κ1) is 24.0. The molecule has 6 nitrogen and oxygen atoms in total. The van der Waals surface area contributed by atoms with Gasteiger partial charge in [0.2, 0.25) is 0 Å². The van der Waals surface area contributed by atoms with Crippen LogP contribution >= 0.6 is 23.2 Å². The third-order valence-corrected chi connectivity index (χ3v) is 6.71. The third kappa shape index (κ3) is 3.99. The zero-order valence-corrected chi connectivity index (χ0v) is 20.5. The lowest BCUT2D eigenvalue weighted by atomic mass is 9.87. The van der Waals surface area contributed by atoms with Crippen molar-refractivity contribution in [3.05, 3.63) is 69.0 Å². The van der Waals surface area contributed by atoms with Gasteiger partial charge in [-0.15, -0.1) is 0 Å². The van der Waals surface area contributed by atoms with Gasteiger partial charge in [-0.05, 0) is 69.7 Å². The SMILES string of the molecule is CCN1c2cc(F)c(/C=C3/C(=O)NC(=O)N(c4ccc(Cl)c(Cl)c4)C3=O)cc2C(C)=CC1(C)C. The number of nitrogens with one attached hydrogen (secondary N) is 1. The van der Waals surface area contributed by atoms with Crippen molar-refractivity contribution in [1.29, 1.82) is 0 Å². The molecular weight excluding hydrogens is 480 g/mol. The number of halogens is 3. The van der Waals surface area contributed by atoms with Crippen LogP contribution in [0.3, 0.4) is 0 Å². The number of anilines is 2. The lowest BCUT2D eigenvalue weighted by molar-refractivity contribution is -0.122. The minimum Gasteiger partial charge on any atom is -0.363 e. The first-order valence-corrected chi connectivity index (χ1v) is 11.4. The smallest absolute Gasteiger partial charge is 0.335 e. The van der Waals surface area contributed by atoms with Crippen molar-refractivity contribution in [3.63, 3.8) is 0 Å². The minimum atomic E-state index is -0.934. The molecular formula is C25H22Cl2FN3O3. The monoisotopic (exact) mass is 501 g/mol. The van der Waals surface area contributed by atoms with E-state index in [4.69, 9.17) is 23.2 Å². The molecule has 1 saturated heterocycles. The first-order valence-electron chi connectivity index (χ1n) is 10.6. The summed E-state index contributed by atoms with van der Waals surface area (Å²) in [6.45, 7) is 8.71. The molecule has 4 rings (SSSR count). The molecule has 4 amide bonds. The van der Waals surface area contributed by atoms with Crippen molar-refractivity contribution < 1.29 is 18.8 Å². The van der Waals surface area contributed by atoms with Gasteiger partial charge in [0.1, 0.15) is 11.4 Å². The highest BCUT2D eigenvalue weighted by Crippen LogP contribution is 2.40. The van der Waals surface area contributed by atoms with E-state index < -0.39 is 23.7 Å². The number of hydrogen-bond donors (Lipinski definition) is 1. The number of allylic oxidation sites excluding steroid dienone is 1. The molecule has 0 unspecified atom stereocenters. The summed E-state index contributed by atoms with van der Waals surface area (Å²) < 4.78 is 15.2. The van der Waals surface area contributed by atoms with Crippen LogP contribution in [0.4, 0.5) is 20.6 Å². The van der Waals surface area contributed by atoms with Crippen molar-refractivity contribution >= 4 is 64.1 Å². The van der Waals surface area contributed by atoms with Gasteiger partial charge in [-0.2, -0.15) is 0 Å². The molecule has 1 fully saturated rings. The molecule has 2 aliphatic heterocycles. The third-order valence-electron chi connectivity index (χ3n) is 5.98. The summed E-state index contributed by atoms with van der Waals surface area (Å²) in [5.74, 6) is -2.39. The normalized spacial score (nSPS) is 18.7. The number of fused-ring (bicyclic) bond motifs is 1. The summed E-state index contributed by atoms with van der Waals surface area (Å²) >= 11 is 12.0. The number of barbiturate groups is 1. The Labute approximate surface area is 206 Å². The zero-order chi connectivity index (χ0) is 24.9. The molecule has 0 aliphatic carbocycles. The highest BCUT2D eigenvalue weighted by molar-refractivity contribution is 6.43. The van der Waals surface area contributed by atoms with E-state index in [0.29, 0.717) is 6.54 Å². The number of rotatable bonds is 3. The Kier molecular flexibility index (Phi) is 6.04. The predicted molar refractivity (Wildman–Crippen MR) is 133 cm³/mol. The van der Waals surface area contributed by atoms with Gasteiger partial charge >= 0.3 is 6.03 Å². The number of likely N-dealkylation sites (N-methyl/N-ethyl adjacent to an activating group) is 1. The highest BCUT2D eigenvalue weighted by Gasteiger charge is 2.37. The van der Waals surface area contributed by atoms with Crippen LogP contribution in [-0.2, 0) is 9.59 Å². The van der Waals surface area contributed by atoms with Crippen molar-refractivity contribution in [3.8, 4) is 0 Å². The Morgan fingerprint density at radius 3 is 2.44 bits per heavy atom. The number of hydrogen-bond acceptors (Lipinski definition) is 4. The molecule has 0 bridgehead atoms. The number of nitrogens with zero attached hydrogens (tertiary/aromatic N) is 2. The molecule has 9 heteroatoms. The number of amides is 4. The Balaban J connectivity index is 1.80. The first-order chi connectivity index (χ1) is 15.9. The van der Waals surface area contributed by atoms with E-state index in [1.165, 1.54) is 24.3 Å². The molecule has 34 heavy (non-hydrogen) atoms. The standard InChI is InChI=1S/C25H22Cl2FN3O3/c1-5-30-21-11-20(28)14(8-16(21)13(2)12-25(30,3)4)9-17-22(32)29-24(34)31(23(17)33)15-6-7-18(26)19(27)10-15/h6-12H,5H2,1-4H3,(H,29,32,34)/b17-9-. The number of urea groups is 1. The van der Waals surface area contributed by atoms with Crippen molar-refractivity contribution in [2.45, 2.75) is 33.2 Å². The second kappa shape index (κ2) is 8.56. The lowest BCUT2D eigenvalue weighted by Gasteiger charge is -2.43. The molecule has 0 radical (unpaired) electrons. The average Bonchev–Trinajstić information content (AvgIpc) is 2.73. The molecule has 2 aliphatic rings. The quantitative estimate of drug-likeness (QED) is 0.424. The topological polar surface area (TPSA) is 69.7 Å². The molecule has 0 aromatic heterocycles. The van der Waals surface area contributed by atoms with E-state index in [1.807, 2.05) is 13.8 Å².